The molecule has 0 heterocycles. The van der Waals surface area contributed by atoms with Crippen molar-refractivity contribution in [2.45, 2.75) is 203 Å². The van der Waals surface area contributed by atoms with E-state index in [0.717, 1.165) is 6.42 Å². The van der Waals surface area contributed by atoms with Crippen molar-refractivity contribution in [2.24, 2.45) is 0 Å². The number of benzene rings is 2. The topological polar surface area (TPSA) is 0 Å². The fraction of sp³-hybridized carbons (Fsp3) is 0.721. The average molecular weight is 589 g/mol. The molecule has 244 valence electrons. The number of hydrogen-bond acceptors (Lipinski definition) is 0. The Morgan fingerprint density at radius 3 is 1.09 bits per heavy atom. The van der Waals surface area contributed by atoms with E-state index in [1.54, 1.807) is 22.3 Å². The third-order valence-corrected chi connectivity index (χ3v) is 9.15. The first-order chi connectivity index (χ1) is 18.7. The maximum absolute atomic E-state index is 2.62. The molecule has 0 heteroatoms. The van der Waals surface area contributed by atoms with Crippen LogP contribution in [0.5, 0.6) is 0 Å². The van der Waals surface area contributed by atoms with Gasteiger partial charge in [-0.05, 0) is 100 Å². The van der Waals surface area contributed by atoms with Crippen LogP contribution >= 0.6 is 0 Å². The quantitative estimate of drug-likeness (QED) is 0.334. The van der Waals surface area contributed by atoms with Crippen LogP contribution in [0.15, 0.2) is 18.2 Å². The predicted molar refractivity (Wildman–Crippen MR) is 196 cm³/mol. The van der Waals surface area contributed by atoms with Crippen molar-refractivity contribution < 1.29 is 0 Å². The summed E-state index contributed by atoms with van der Waals surface area (Å²) in [5, 5.41) is 0. The van der Waals surface area contributed by atoms with Crippen LogP contribution in [0.25, 0.3) is 0 Å². The maximum Gasteiger partial charge on any atom is -0.0126 e. The maximum atomic E-state index is 2.62. The van der Waals surface area contributed by atoms with E-state index in [9.17, 15) is 0 Å². The van der Waals surface area contributed by atoms with Gasteiger partial charge in [-0.15, -0.1) is 0 Å². The second-order valence-electron chi connectivity index (χ2n) is 21.0. The molecule has 0 fully saturated rings. The molecule has 0 amide bonds. The molecule has 2 rings (SSSR count). The predicted octanol–water partition coefficient (Wildman–Crippen LogP) is 13.1. The molecule has 1 atom stereocenters. The summed E-state index contributed by atoms with van der Waals surface area (Å²) in [6.45, 7) is 53.2. The lowest BCUT2D eigenvalue weighted by Gasteiger charge is -2.42. The fourth-order valence-electron chi connectivity index (χ4n) is 7.19. The Balaban J connectivity index is 3.20. The van der Waals surface area contributed by atoms with Gasteiger partial charge < -0.3 is 0 Å². The fourth-order valence-corrected chi connectivity index (χ4v) is 7.19. The molecule has 0 aliphatic heterocycles. The van der Waals surface area contributed by atoms with Crippen LogP contribution in [-0.2, 0) is 44.3 Å². The van der Waals surface area contributed by atoms with Gasteiger partial charge in [0.1, 0.15) is 0 Å². The summed E-state index contributed by atoms with van der Waals surface area (Å²) < 4.78 is 0. The molecule has 2 aromatic rings. The monoisotopic (exact) mass is 589 g/mol. The second-order valence-corrected chi connectivity index (χ2v) is 21.0. The molecule has 0 aliphatic carbocycles. The summed E-state index contributed by atoms with van der Waals surface area (Å²) in [6.07, 6.45) is 1.05. The summed E-state index contributed by atoms with van der Waals surface area (Å²) in [5.74, 6) is 0.378. The van der Waals surface area contributed by atoms with Crippen molar-refractivity contribution in [3.8, 4) is 0 Å². The molecule has 0 nitrogen and oxygen atoms in total. The Bertz CT molecular complexity index is 1290. The molecule has 0 saturated heterocycles. The van der Waals surface area contributed by atoms with Crippen LogP contribution in [0.2, 0.25) is 0 Å². The highest BCUT2D eigenvalue weighted by atomic mass is 14.4. The Morgan fingerprint density at radius 1 is 0.395 bits per heavy atom. The zero-order valence-electron chi connectivity index (χ0n) is 33.0. The van der Waals surface area contributed by atoms with Crippen molar-refractivity contribution in [1.82, 2.24) is 0 Å². The van der Waals surface area contributed by atoms with E-state index in [1.807, 2.05) is 0 Å². The lowest BCUT2D eigenvalue weighted by atomic mass is 9.62. The number of rotatable bonds is 3. The molecular formula is C43H72. The molecule has 0 aromatic heterocycles. The van der Waals surface area contributed by atoms with Crippen molar-refractivity contribution in [1.29, 1.82) is 0 Å². The van der Waals surface area contributed by atoms with E-state index >= 15 is 0 Å². The van der Waals surface area contributed by atoms with Gasteiger partial charge >= 0.3 is 0 Å². The molecular weight excluding hydrogens is 516 g/mol. The highest BCUT2D eigenvalue weighted by molar-refractivity contribution is 5.58. The Morgan fingerprint density at radius 2 is 0.767 bits per heavy atom. The van der Waals surface area contributed by atoms with Gasteiger partial charge in [-0.1, -0.05) is 171 Å². The van der Waals surface area contributed by atoms with E-state index < -0.39 is 0 Å². The zero-order chi connectivity index (χ0) is 34.1. The summed E-state index contributed by atoms with van der Waals surface area (Å²) in [7, 11) is 0. The minimum absolute atomic E-state index is 0.0180. The Labute approximate surface area is 270 Å². The minimum Gasteiger partial charge on any atom is -0.0581 e. The van der Waals surface area contributed by atoms with Gasteiger partial charge in [0.15, 0.2) is 0 Å². The third kappa shape index (κ3) is 8.38. The van der Waals surface area contributed by atoms with Crippen LogP contribution in [0.4, 0.5) is 0 Å². The van der Waals surface area contributed by atoms with Crippen LogP contribution in [0.1, 0.15) is 208 Å². The van der Waals surface area contributed by atoms with E-state index in [-0.39, 0.29) is 37.9 Å². The van der Waals surface area contributed by atoms with E-state index in [1.165, 1.54) is 27.8 Å². The van der Waals surface area contributed by atoms with E-state index in [4.69, 9.17) is 0 Å². The molecule has 0 aliphatic rings. The summed E-state index contributed by atoms with van der Waals surface area (Å²) in [6, 6.07) is 7.73. The molecule has 0 N–H and O–H groups in total. The standard InChI is InChI=1S/C43H72/c1-27(23-28-24-29(37(2,3)4)25-31(39(8,9)10)34(28)41(14,15)16)33-30(38(5,6)7)26-32(40(11,12)13)35(42(17,18)19)36(33)43(20,21)22/h24-27H,23H2,1-22H3. The molecule has 0 radical (unpaired) electrons. The van der Waals surface area contributed by atoms with Crippen LogP contribution in [-0.4, -0.2) is 0 Å². The minimum atomic E-state index is 0.0180. The highest BCUT2D eigenvalue weighted by Gasteiger charge is 2.39. The summed E-state index contributed by atoms with van der Waals surface area (Å²) >= 11 is 0. The first-order valence-electron chi connectivity index (χ1n) is 17.1. The van der Waals surface area contributed by atoms with E-state index in [0.29, 0.717) is 5.92 Å². The van der Waals surface area contributed by atoms with E-state index in [2.05, 4.69) is 171 Å². The lowest BCUT2D eigenvalue weighted by molar-refractivity contribution is 0.477. The summed E-state index contributed by atoms with van der Waals surface area (Å²) in [4.78, 5) is 0. The first-order valence-corrected chi connectivity index (χ1v) is 17.1. The molecule has 43 heavy (non-hydrogen) atoms. The molecule has 0 bridgehead atoms. The average Bonchev–Trinajstić information content (AvgIpc) is 2.72. The van der Waals surface area contributed by atoms with Gasteiger partial charge in [0.05, 0.1) is 0 Å². The zero-order valence-corrected chi connectivity index (χ0v) is 33.0. The molecule has 0 spiro atoms. The van der Waals surface area contributed by atoms with Crippen LogP contribution in [0.3, 0.4) is 0 Å². The van der Waals surface area contributed by atoms with Gasteiger partial charge in [-0.25, -0.2) is 0 Å². The van der Waals surface area contributed by atoms with Gasteiger partial charge in [-0.2, -0.15) is 0 Å². The summed E-state index contributed by atoms with van der Waals surface area (Å²) in [5.41, 5.74) is 14.2. The largest absolute Gasteiger partial charge is 0.0581 e. The molecule has 2 aromatic carbocycles. The smallest absolute Gasteiger partial charge is 0.0126 e. The van der Waals surface area contributed by atoms with Gasteiger partial charge in [0.25, 0.3) is 0 Å². The lowest BCUT2D eigenvalue weighted by Crippen LogP contribution is -2.33. The van der Waals surface area contributed by atoms with Gasteiger partial charge in [0, 0.05) is 0 Å². The van der Waals surface area contributed by atoms with Crippen LogP contribution in [0, 0.1) is 0 Å². The Hall–Kier alpha value is -1.56. The van der Waals surface area contributed by atoms with Crippen molar-refractivity contribution in [2.75, 3.05) is 0 Å². The number of hydrogen-bond donors (Lipinski definition) is 0. The first kappa shape index (κ1) is 37.6. The van der Waals surface area contributed by atoms with Crippen LogP contribution < -0.4 is 0 Å². The van der Waals surface area contributed by atoms with Crippen molar-refractivity contribution in [3.63, 3.8) is 0 Å². The third-order valence-electron chi connectivity index (χ3n) is 9.15. The van der Waals surface area contributed by atoms with Crippen molar-refractivity contribution >= 4 is 0 Å². The molecule has 1 unspecified atom stereocenters. The SMILES string of the molecule is CC(Cc1cc(C(C)(C)C)cc(C(C)(C)C)c1C(C)(C)C)c1c(C(C)(C)C)cc(C(C)(C)C)c(C(C)(C)C)c1C(C)(C)C. The highest BCUT2D eigenvalue weighted by Crippen LogP contribution is 2.49. The van der Waals surface area contributed by atoms with Crippen molar-refractivity contribution in [3.05, 3.63) is 68.3 Å². The van der Waals surface area contributed by atoms with Gasteiger partial charge in [-0.3, -0.25) is 0 Å². The second kappa shape index (κ2) is 11.4. The molecule has 0 saturated carbocycles. The normalized spacial score (nSPS) is 15.2. The Kier molecular flexibility index (Phi) is 9.93. The van der Waals surface area contributed by atoms with Gasteiger partial charge in [0.2, 0.25) is 0 Å².